The second-order valence-electron chi connectivity index (χ2n) is 5.69. The van der Waals surface area contributed by atoms with Crippen LogP contribution >= 0.6 is 11.6 Å². The maximum atomic E-state index is 12.2. The zero-order chi connectivity index (χ0) is 20.7. The van der Waals surface area contributed by atoms with Crippen LogP contribution in [0.2, 0.25) is 5.02 Å². The van der Waals surface area contributed by atoms with Crippen molar-refractivity contribution in [1.82, 2.24) is 5.32 Å². The number of rotatable bonds is 7. The number of benzene rings is 2. The number of ether oxygens (including phenoxy) is 2. The summed E-state index contributed by atoms with van der Waals surface area (Å²) < 4.78 is 45.4. The molecule has 0 aliphatic rings. The Morgan fingerprint density at radius 2 is 1.82 bits per heavy atom. The first-order chi connectivity index (χ1) is 13.2. The molecule has 2 rings (SSSR count). The number of hydrogen-bond acceptors (Lipinski definition) is 5. The molecule has 0 radical (unpaired) electrons. The number of carbonyl (C=O) groups is 1. The third kappa shape index (κ3) is 6.91. The quantitative estimate of drug-likeness (QED) is 0.638. The third-order valence-corrected chi connectivity index (χ3v) is 3.85. The van der Waals surface area contributed by atoms with Gasteiger partial charge in [-0.2, -0.15) is 0 Å². The molecule has 0 fully saturated rings. The van der Waals surface area contributed by atoms with Crippen molar-refractivity contribution >= 4 is 17.7 Å². The van der Waals surface area contributed by atoms with Crippen molar-refractivity contribution < 1.29 is 37.7 Å². The maximum absolute atomic E-state index is 12.2. The van der Waals surface area contributed by atoms with Gasteiger partial charge in [0, 0.05) is 6.54 Å². The fraction of sp³-hybridized carbons (Fsp3) is 0.278. The highest BCUT2D eigenvalue weighted by Gasteiger charge is 2.32. The largest absolute Gasteiger partial charge is 0.573 e. The van der Waals surface area contributed by atoms with Crippen LogP contribution in [0, 0.1) is 0 Å². The lowest BCUT2D eigenvalue weighted by Gasteiger charge is -2.19. The Kier molecular flexibility index (Phi) is 7.50. The molecule has 3 N–H and O–H groups in total. The van der Waals surface area contributed by atoms with Crippen molar-refractivity contribution in [3.05, 3.63) is 64.7 Å². The fourth-order valence-electron chi connectivity index (χ4n) is 2.20. The average molecular weight is 420 g/mol. The summed E-state index contributed by atoms with van der Waals surface area (Å²) in [6.07, 6.45) is -8.67. The monoisotopic (exact) mass is 419 g/mol. The van der Waals surface area contributed by atoms with Crippen molar-refractivity contribution in [2.24, 2.45) is 0 Å². The van der Waals surface area contributed by atoms with Crippen molar-refractivity contribution in [3.63, 3.8) is 0 Å². The molecule has 1 amide bonds. The molecule has 0 spiro atoms. The van der Waals surface area contributed by atoms with Crippen LogP contribution in [0.25, 0.3) is 0 Å². The molecular formula is C18H17ClF3NO5. The molecule has 2 aromatic carbocycles. The molecule has 2 aromatic rings. The van der Waals surface area contributed by atoms with Gasteiger partial charge in [-0.05, 0) is 23.3 Å². The molecule has 0 aromatic heterocycles. The van der Waals surface area contributed by atoms with E-state index in [0.29, 0.717) is 0 Å². The number of alkyl halides is 3. The summed E-state index contributed by atoms with van der Waals surface area (Å²) in [6, 6.07) is 12.0. The highest BCUT2D eigenvalue weighted by molar-refractivity contribution is 6.32. The predicted octanol–water partition coefficient (Wildman–Crippen LogP) is 3.56. The molecule has 0 aliphatic carbocycles. The first-order valence-electron chi connectivity index (χ1n) is 8.01. The smallest absolute Gasteiger partial charge is 0.445 e. The van der Waals surface area contributed by atoms with Gasteiger partial charge in [-0.25, -0.2) is 4.79 Å². The molecule has 0 saturated heterocycles. The normalized spacial score (nSPS) is 13.5. The van der Waals surface area contributed by atoms with Gasteiger partial charge in [0.15, 0.2) is 0 Å². The Balaban J connectivity index is 1.85. The van der Waals surface area contributed by atoms with E-state index in [9.17, 15) is 28.2 Å². The van der Waals surface area contributed by atoms with E-state index in [1.807, 2.05) is 6.07 Å². The zero-order valence-corrected chi connectivity index (χ0v) is 15.1. The molecule has 0 aliphatic heterocycles. The summed E-state index contributed by atoms with van der Waals surface area (Å²) in [5.74, 6) is -0.637. The van der Waals surface area contributed by atoms with Gasteiger partial charge in [-0.1, -0.05) is 48.0 Å². The van der Waals surface area contributed by atoms with Crippen LogP contribution in [-0.2, 0) is 11.3 Å². The number of alkyl carbamates (subject to hydrolysis) is 1. The van der Waals surface area contributed by atoms with Gasteiger partial charge in [0.1, 0.15) is 24.6 Å². The van der Waals surface area contributed by atoms with Gasteiger partial charge < -0.3 is 25.0 Å². The van der Waals surface area contributed by atoms with Gasteiger partial charge in [-0.3, -0.25) is 0 Å². The van der Waals surface area contributed by atoms with Crippen LogP contribution < -0.4 is 10.1 Å². The molecule has 6 nitrogen and oxygen atoms in total. The molecule has 152 valence electrons. The zero-order valence-electron chi connectivity index (χ0n) is 14.3. The van der Waals surface area contributed by atoms with Gasteiger partial charge in [0.2, 0.25) is 0 Å². The van der Waals surface area contributed by atoms with Crippen molar-refractivity contribution in [3.8, 4) is 5.75 Å². The second-order valence-corrected chi connectivity index (χ2v) is 6.10. The Labute approximate surface area is 163 Å². The van der Waals surface area contributed by atoms with Crippen LogP contribution in [0.3, 0.4) is 0 Å². The number of carbonyl (C=O) groups excluding carboxylic acids is 1. The molecular weight excluding hydrogens is 403 g/mol. The van der Waals surface area contributed by atoms with Gasteiger partial charge in [-0.15, -0.1) is 13.2 Å². The van der Waals surface area contributed by atoms with Crippen molar-refractivity contribution in [2.45, 2.75) is 25.2 Å². The topological polar surface area (TPSA) is 88.0 Å². The van der Waals surface area contributed by atoms with Crippen LogP contribution in [0.4, 0.5) is 18.0 Å². The van der Waals surface area contributed by atoms with E-state index in [4.69, 9.17) is 16.3 Å². The van der Waals surface area contributed by atoms with Gasteiger partial charge >= 0.3 is 12.5 Å². The van der Waals surface area contributed by atoms with Gasteiger partial charge in [0.05, 0.1) is 5.02 Å². The minimum absolute atomic E-state index is 0.0294. The van der Waals surface area contributed by atoms with E-state index in [0.717, 1.165) is 23.8 Å². The Hall–Kier alpha value is -2.49. The predicted molar refractivity (Wildman–Crippen MR) is 93.7 cm³/mol. The summed E-state index contributed by atoms with van der Waals surface area (Å²) in [5, 5.41) is 22.0. The van der Waals surface area contributed by atoms with Crippen LogP contribution in [0.15, 0.2) is 48.5 Å². The molecule has 0 heterocycles. The highest BCUT2D eigenvalue weighted by atomic mass is 35.5. The number of nitrogens with one attached hydrogen (secondary N) is 1. The minimum atomic E-state index is -4.91. The van der Waals surface area contributed by atoms with Gasteiger partial charge in [0.25, 0.3) is 0 Å². The third-order valence-electron chi connectivity index (χ3n) is 3.56. The minimum Gasteiger partial charge on any atom is -0.445 e. The number of amides is 1. The molecule has 10 heteroatoms. The summed E-state index contributed by atoms with van der Waals surface area (Å²) in [4.78, 5) is 11.6. The summed E-state index contributed by atoms with van der Waals surface area (Å²) >= 11 is 5.70. The molecule has 28 heavy (non-hydrogen) atoms. The Morgan fingerprint density at radius 1 is 1.14 bits per heavy atom. The first kappa shape index (κ1) is 21.8. The first-order valence-corrected chi connectivity index (χ1v) is 8.39. The molecule has 2 atom stereocenters. The SMILES string of the molecule is O=C(NCC(O)C(O)c1ccc(OC(F)(F)F)c(Cl)c1)OCc1ccccc1. The summed E-state index contributed by atoms with van der Waals surface area (Å²) in [7, 11) is 0. The number of aliphatic hydroxyl groups excluding tert-OH is 2. The highest BCUT2D eigenvalue weighted by Crippen LogP contribution is 2.32. The average Bonchev–Trinajstić information content (AvgIpc) is 2.65. The fourth-order valence-corrected chi connectivity index (χ4v) is 2.43. The Morgan fingerprint density at radius 3 is 2.43 bits per heavy atom. The van der Waals surface area contributed by atoms with Crippen molar-refractivity contribution in [2.75, 3.05) is 6.54 Å². The van der Waals surface area contributed by atoms with Crippen LogP contribution in [-0.4, -0.2) is 35.3 Å². The summed E-state index contributed by atoms with van der Waals surface area (Å²) in [5.41, 5.74) is 0.820. The number of hydrogen-bond donors (Lipinski definition) is 3. The second kappa shape index (κ2) is 9.63. The number of halogens is 4. The van der Waals surface area contributed by atoms with E-state index in [1.54, 1.807) is 24.3 Å². The Bertz CT molecular complexity index is 789. The van der Waals surface area contributed by atoms with Crippen LogP contribution in [0.1, 0.15) is 17.2 Å². The van der Waals surface area contributed by atoms with E-state index in [1.165, 1.54) is 0 Å². The summed E-state index contributed by atoms with van der Waals surface area (Å²) in [6.45, 7) is -0.325. The number of aliphatic hydroxyl groups is 2. The lowest BCUT2D eigenvalue weighted by atomic mass is 10.0. The van der Waals surface area contributed by atoms with E-state index in [-0.39, 0.29) is 18.7 Å². The standard InChI is InChI=1S/C18H17ClF3NO5/c19-13-8-12(6-7-15(13)28-18(20,21)22)16(25)14(24)9-23-17(26)27-10-11-4-2-1-3-5-11/h1-8,14,16,24-25H,9-10H2,(H,23,26). The van der Waals surface area contributed by atoms with E-state index < -0.39 is 35.4 Å². The van der Waals surface area contributed by atoms with Crippen molar-refractivity contribution in [1.29, 1.82) is 0 Å². The molecule has 0 saturated carbocycles. The lowest BCUT2D eigenvalue weighted by Crippen LogP contribution is -2.35. The molecule has 0 bridgehead atoms. The lowest BCUT2D eigenvalue weighted by molar-refractivity contribution is -0.274. The van der Waals surface area contributed by atoms with Crippen LogP contribution in [0.5, 0.6) is 5.75 Å². The van der Waals surface area contributed by atoms with E-state index >= 15 is 0 Å². The van der Waals surface area contributed by atoms with E-state index in [2.05, 4.69) is 10.1 Å². The molecule has 2 unspecified atom stereocenters. The maximum Gasteiger partial charge on any atom is 0.573 e.